The van der Waals surface area contributed by atoms with E-state index in [1.165, 1.54) is 6.07 Å². The van der Waals surface area contributed by atoms with E-state index in [0.29, 0.717) is 5.56 Å². The number of benzene rings is 1. The van der Waals surface area contributed by atoms with Gasteiger partial charge in [-0.25, -0.2) is 0 Å². The normalized spacial score (nSPS) is 10.9. The molecule has 2 N–H and O–H groups in total. The minimum Gasteiger partial charge on any atom is -0.504 e. The lowest BCUT2D eigenvalue weighted by Gasteiger charge is -1.97. The number of aromatic hydroxyl groups is 2. The van der Waals surface area contributed by atoms with E-state index < -0.39 is 0 Å². The molecule has 0 spiro atoms. The fourth-order valence-corrected chi connectivity index (χ4v) is 0.578. The van der Waals surface area contributed by atoms with Crippen LogP contribution in [0.15, 0.2) is 18.2 Å². The fourth-order valence-electron chi connectivity index (χ4n) is 0.578. The molecule has 0 unspecified atom stereocenters. The number of para-hydroxylation sites is 1. The van der Waals surface area contributed by atoms with Crippen molar-refractivity contribution in [3.63, 3.8) is 0 Å². The molecule has 0 saturated heterocycles. The van der Waals surface area contributed by atoms with Gasteiger partial charge in [-0.2, -0.15) is 0 Å². The van der Waals surface area contributed by atoms with Gasteiger partial charge in [0.15, 0.2) is 11.5 Å². The molecule has 1 rings (SSSR count). The summed E-state index contributed by atoms with van der Waals surface area (Å²) in [5, 5.41) is 17.9. The van der Waals surface area contributed by atoms with E-state index >= 15 is 0 Å². The molecule has 0 atom stereocenters. The molecule has 0 aliphatic heterocycles. The van der Waals surface area contributed by atoms with Gasteiger partial charge in [0, 0.05) is 1.37 Å². The quantitative estimate of drug-likeness (QED) is 0.514. The highest BCUT2D eigenvalue weighted by Crippen LogP contribution is 2.26. The summed E-state index contributed by atoms with van der Waals surface area (Å²) in [5.74, 6) is -0.345. The summed E-state index contributed by atoms with van der Waals surface area (Å²) in [6.07, 6.45) is 0. The molecule has 0 amide bonds. The predicted molar refractivity (Wildman–Crippen MR) is 34.5 cm³/mol. The molecule has 1 aromatic carbocycles. The molecule has 2 heteroatoms. The Balaban J connectivity index is 3.14. The van der Waals surface area contributed by atoms with Gasteiger partial charge in [-0.3, -0.25) is 0 Å². The first-order valence-electron chi connectivity index (χ1n) is 3.25. The van der Waals surface area contributed by atoms with Crippen molar-refractivity contribution in [3.8, 4) is 11.5 Å². The summed E-state index contributed by atoms with van der Waals surface area (Å²) in [6, 6.07) is 4.58. The molecule has 0 bridgehead atoms. The maximum absolute atomic E-state index is 9.03. The smallest absolute Gasteiger partial charge is 0.160 e. The van der Waals surface area contributed by atoms with Crippen LogP contribution in [0, 0.1) is 6.90 Å². The van der Waals surface area contributed by atoms with E-state index in [9.17, 15) is 0 Å². The van der Waals surface area contributed by atoms with Crippen LogP contribution in [-0.4, -0.2) is 10.2 Å². The first-order chi connectivity index (χ1) is 4.75. The van der Waals surface area contributed by atoms with Gasteiger partial charge in [0.05, 0.1) is 0 Å². The minimum atomic E-state index is -0.183. The largest absolute Gasteiger partial charge is 0.504 e. The number of phenols is 2. The third kappa shape index (κ3) is 0.964. The van der Waals surface area contributed by atoms with Crippen LogP contribution in [0.4, 0.5) is 0 Å². The molecule has 0 aromatic heterocycles. The van der Waals surface area contributed by atoms with Crippen LogP contribution in [0.3, 0.4) is 0 Å². The zero-order chi connectivity index (χ0) is 7.56. The molecule has 0 aliphatic rings. The second-order valence-corrected chi connectivity index (χ2v) is 1.78. The SMILES string of the molecule is [2H]Cc1cccc(O)c1O. The maximum atomic E-state index is 9.03. The minimum absolute atomic E-state index is 0.0137. The summed E-state index contributed by atoms with van der Waals surface area (Å²) in [7, 11) is 0. The lowest BCUT2D eigenvalue weighted by atomic mass is 10.2. The standard InChI is InChI=1S/C7H8O2/c1-5-3-2-4-6(8)7(5)9/h2-4,8-9H,1H3/i1D. The summed E-state index contributed by atoms with van der Waals surface area (Å²) >= 11 is 0. The van der Waals surface area contributed by atoms with Crippen molar-refractivity contribution in [3.05, 3.63) is 23.8 Å². The lowest BCUT2D eigenvalue weighted by molar-refractivity contribution is 0.401. The van der Waals surface area contributed by atoms with E-state index in [0.717, 1.165) is 0 Å². The zero-order valence-electron chi connectivity index (χ0n) is 5.83. The third-order valence-electron chi connectivity index (χ3n) is 1.10. The molecule has 0 radical (unpaired) electrons. The van der Waals surface area contributed by atoms with Crippen molar-refractivity contribution in [1.82, 2.24) is 0 Å². The Morgan fingerprint density at radius 2 is 2.22 bits per heavy atom. The number of hydrogen-bond donors (Lipinski definition) is 2. The molecule has 0 aliphatic carbocycles. The van der Waals surface area contributed by atoms with E-state index in [1.54, 1.807) is 12.1 Å². The van der Waals surface area contributed by atoms with Gasteiger partial charge in [0.2, 0.25) is 0 Å². The van der Waals surface area contributed by atoms with Crippen LogP contribution in [0.1, 0.15) is 6.93 Å². The summed E-state index contributed by atoms with van der Waals surface area (Å²) in [4.78, 5) is 0. The molecule has 48 valence electrons. The Labute approximate surface area is 54.8 Å². The molecule has 1 aromatic rings. The monoisotopic (exact) mass is 125 g/mol. The topological polar surface area (TPSA) is 40.5 Å². The average molecular weight is 125 g/mol. The van der Waals surface area contributed by atoms with Crippen molar-refractivity contribution in [2.24, 2.45) is 0 Å². The fraction of sp³-hybridized carbons (Fsp3) is 0.143. The highest BCUT2D eigenvalue weighted by Gasteiger charge is 1.98. The molecular formula is C7H8O2. The highest BCUT2D eigenvalue weighted by molar-refractivity contribution is 5.43. The van der Waals surface area contributed by atoms with Crippen molar-refractivity contribution < 1.29 is 11.6 Å². The van der Waals surface area contributed by atoms with Crippen molar-refractivity contribution in [1.29, 1.82) is 0 Å². The number of rotatable bonds is 0. The van der Waals surface area contributed by atoms with E-state index in [4.69, 9.17) is 11.6 Å². The van der Waals surface area contributed by atoms with Crippen molar-refractivity contribution >= 4 is 0 Å². The molecule has 2 nitrogen and oxygen atoms in total. The summed E-state index contributed by atoms with van der Waals surface area (Å²) in [5.41, 5.74) is 0.444. The van der Waals surface area contributed by atoms with Crippen LogP contribution in [0.25, 0.3) is 0 Å². The highest BCUT2D eigenvalue weighted by atomic mass is 16.3. The first kappa shape index (κ1) is 4.68. The Hall–Kier alpha value is -1.18. The van der Waals surface area contributed by atoms with Crippen molar-refractivity contribution in [2.45, 2.75) is 6.90 Å². The van der Waals surface area contributed by atoms with Gasteiger partial charge in [0.1, 0.15) is 0 Å². The van der Waals surface area contributed by atoms with E-state index in [-0.39, 0.29) is 18.4 Å². The summed E-state index contributed by atoms with van der Waals surface area (Å²) in [6.45, 7) is -0.0137. The van der Waals surface area contributed by atoms with Gasteiger partial charge in [0.25, 0.3) is 0 Å². The number of phenolic OH excluding ortho intramolecular Hbond substituents is 2. The number of hydrogen-bond acceptors (Lipinski definition) is 2. The van der Waals surface area contributed by atoms with Gasteiger partial charge >= 0.3 is 0 Å². The third-order valence-corrected chi connectivity index (χ3v) is 1.10. The second-order valence-electron chi connectivity index (χ2n) is 1.78. The predicted octanol–water partition coefficient (Wildman–Crippen LogP) is 1.41. The molecule has 0 fully saturated rings. The molecule has 0 heterocycles. The summed E-state index contributed by atoms with van der Waals surface area (Å²) < 4.78 is 6.91. The Morgan fingerprint density at radius 3 is 2.78 bits per heavy atom. The van der Waals surface area contributed by atoms with Gasteiger partial charge in [-0.1, -0.05) is 12.1 Å². The Morgan fingerprint density at radius 1 is 1.44 bits per heavy atom. The van der Waals surface area contributed by atoms with E-state index in [1.807, 2.05) is 0 Å². The molecule has 0 saturated carbocycles. The van der Waals surface area contributed by atoms with Crippen LogP contribution in [-0.2, 0) is 0 Å². The first-order valence-corrected chi connectivity index (χ1v) is 2.54. The van der Waals surface area contributed by atoms with Crippen LogP contribution in [0.5, 0.6) is 11.5 Å². The maximum Gasteiger partial charge on any atom is 0.160 e. The van der Waals surface area contributed by atoms with Crippen molar-refractivity contribution in [2.75, 3.05) is 0 Å². The Kier molecular flexibility index (Phi) is 1.03. The average Bonchev–Trinajstić information content (AvgIpc) is 1.95. The lowest BCUT2D eigenvalue weighted by Crippen LogP contribution is -1.72. The van der Waals surface area contributed by atoms with E-state index in [2.05, 4.69) is 0 Å². The van der Waals surface area contributed by atoms with Gasteiger partial charge < -0.3 is 10.2 Å². The Bertz CT molecular complexity index is 235. The molecule has 9 heavy (non-hydrogen) atoms. The van der Waals surface area contributed by atoms with Gasteiger partial charge in [-0.15, -0.1) is 0 Å². The van der Waals surface area contributed by atoms with Crippen LogP contribution < -0.4 is 0 Å². The number of aryl methyl sites for hydroxylation is 1. The zero-order valence-corrected chi connectivity index (χ0v) is 4.83. The van der Waals surface area contributed by atoms with Gasteiger partial charge in [-0.05, 0) is 18.5 Å². The second kappa shape index (κ2) is 1.97. The van der Waals surface area contributed by atoms with Crippen LogP contribution >= 0.6 is 0 Å². The van der Waals surface area contributed by atoms with Crippen LogP contribution in [0.2, 0.25) is 0 Å². The molecular weight excluding hydrogens is 116 g/mol.